The fourth-order valence-electron chi connectivity index (χ4n) is 3.76. The Morgan fingerprint density at radius 1 is 0.471 bits per heavy atom. The molecule has 34 heavy (non-hydrogen) atoms. The second-order valence-electron chi connectivity index (χ2n) is 7.74. The summed E-state index contributed by atoms with van der Waals surface area (Å²) in [5.41, 5.74) is 7.37. The minimum absolute atomic E-state index is 0.799. The maximum absolute atomic E-state index is 5.33. The fraction of sp³-hybridized carbons (Fsp3) is 0.0690. The van der Waals surface area contributed by atoms with Gasteiger partial charge < -0.3 is 9.47 Å². The molecule has 0 N–H and O–H groups in total. The van der Waals surface area contributed by atoms with Gasteiger partial charge in [-0.3, -0.25) is 9.97 Å². The normalized spacial score (nSPS) is 10.6. The van der Waals surface area contributed by atoms with Crippen LogP contribution in [-0.4, -0.2) is 29.2 Å². The summed E-state index contributed by atoms with van der Waals surface area (Å²) in [6, 6.07) is 29.8. The molecule has 0 fully saturated rings. The Labute approximate surface area is 198 Å². The number of ether oxygens (including phenoxy) is 2. The van der Waals surface area contributed by atoms with Gasteiger partial charge >= 0.3 is 0 Å². The molecular weight excluding hydrogens is 422 g/mol. The highest BCUT2D eigenvalue weighted by atomic mass is 16.5. The van der Waals surface area contributed by atoms with Crippen LogP contribution in [0.4, 0.5) is 0 Å². The Balaban J connectivity index is 1.39. The smallest absolute Gasteiger partial charge is 0.119 e. The van der Waals surface area contributed by atoms with Crippen molar-refractivity contribution in [2.75, 3.05) is 14.2 Å². The average Bonchev–Trinajstić information content (AvgIpc) is 2.93. The number of benzene rings is 2. The van der Waals surface area contributed by atoms with E-state index < -0.39 is 0 Å². The van der Waals surface area contributed by atoms with Crippen LogP contribution >= 0.6 is 0 Å². The van der Waals surface area contributed by atoms with Crippen molar-refractivity contribution in [1.29, 1.82) is 0 Å². The van der Waals surface area contributed by atoms with Gasteiger partial charge in [-0.1, -0.05) is 42.5 Å². The first-order valence-corrected chi connectivity index (χ1v) is 10.9. The molecule has 0 bridgehead atoms. The molecule has 0 saturated carbocycles. The first kappa shape index (κ1) is 21.3. The molecule has 166 valence electrons. The molecule has 0 aliphatic carbocycles. The molecule has 3 aromatic heterocycles. The topological polar surface area (TPSA) is 57.1 Å². The summed E-state index contributed by atoms with van der Waals surface area (Å²) in [6.07, 6.45) is 3.72. The van der Waals surface area contributed by atoms with E-state index in [0.29, 0.717) is 0 Å². The first-order chi connectivity index (χ1) is 16.7. The Kier molecular flexibility index (Phi) is 5.99. The lowest BCUT2D eigenvalue weighted by molar-refractivity contribution is 0.415. The van der Waals surface area contributed by atoms with Crippen molar-refractivity contribution in [3.63, 3.8) is 0 Å². The average molecular weight is 446 g/mol. The van der Waals surface area contributed by atoms with Crippen LogP contribution in [0.15, 0.2) is 103 Å². The predicted molar refractivity (Wildman–Crippen MR) is 135 cm³/mol. The van der Waals surface area contributed by atoms with Crippen LogP contribution in [0.3, 0.4) is 0 Å². The van der Waals surface area contributed by atoms with Gasteiger partial charge in [-0.05, 0) is 59.7 Å². The van der Waals surface area contributed by atoms with Crippen LogP contribution in [0.25, 0.3) is 45.0 Å². The second-order valence-corrected chi connectivity index (χ2v) is 7.74. The number of hydrogen-bond acceptors (Lipinski definition) is 5. The molecule has 0 aliphatic heterocycles. The van der Waals surface area contributed by atoms with E-state index in [-0.39, 0.29) is 0 Å². The molecule has 5 rings (SSSR count). The van der Waals surface area contributed by atoms with Gasteiger partial charge in [-0.2, -0.15) is 0 Å². The molecule has 0 spiro atoms. The van der Waals surface area contributed by atoms with Gasteiger partial charge in [0.25, 0.3) is 0 Å². The van der Waals surface area contributed by atoms with Crippen molar-refractivity contribution in [2.45, 2.75) is 0 Å². The Bertz CT molecular complexity index is 1310. The second kappa shape index (κ2) is 9.55. The van der Waals surface area contributed by atoms with Crippen LogP contribution in [0.1, 0.15) is 0 Å². The number of methoxy groups -OCH3 is 2. The lowest BCUT2D eigenvalue weighted by Gasteiger charge is -2.08. The van der Waals surface area contributed by atoms with E-state index in [4.69, 9.17) is 14.5 Å². The van der Waals surface area contributed by atoms with Crippen LogP contribution < -0.4 is 9.47 Å². The summed E-state index contributed by atoms with van der Waals surface area (Å²) in [5.74, 6) is 1.64. The highest BCUT2D eigenvalue weighted by Crippen LogP contribution is 2.27. The molecule has 0 amide bonds. The molecule has 0 saturated heterocycles. The summed E-state index contributed by atoms with van der Waals surface area (Å²) in [5, 5.41) is 0. The van der Waals surface area contributed by atoms with E-state index in [9.17, 15) is 0 Å². The van der Waals surface area contributed by atoms with E-state index in [2.05, 4.69) is 9.97 Å². The molecule has 0 radical (unpaired) electrons. The number of rotatable bonds is 6. The maximum Gasteiger partial charge on any atom is 0.119 e. The van der Waals surface area contributed by atoms with Gasteiger partial charge in [0, 0.05) is 23.5 Å². The number of nitrogens with zero attached hydrogens (tertiary/aromatic N) is 3. The summed E-state index contributed by atoms with van der Waals surface area (Å²) >= 11 is 0. The van der Waals surface area contributed by atoms with Crippen LogP contribution in [0, 0.1) is 0 Å². The molecular formula is C29H23N3O2. The maximum atomic E-state index is 5.33. The molecule has 0 unspecified atom stereocenters. The van der Waals surface area contributed by atoms with Gasteiger partial charge in [-0.15, -0.1) is 0 Å². The molecule has 2 aromatic carbocycles. The minimum atomic E-state index is 0.799. The zero-order valence-electron chi connectivity index (χ0n) is 19.0. The zero-order valence-corrected chi connectivity index (χ0v) is 19.0. The number of pyridine rings is 3. The standard InChI is InChI=1S/C29H23N3O2/c1-33-24-8-3-6-20(16-24)22-12-14-26(30-18-22)28-10-5-11-29(32-28)27-15-13-23(19-31-27)21-7-4-9-25(17-21)34-2/h3-19H,1-2H3. The third kappa shape index (κ3) is 4.50. The number of aromatic nitrogens is 3. The third-order valence-corrected chi connectivity index (χ3v) is 5.61. The molecule has 5 nitrogen and oxygen atoms in total. The van der Waals surface area contributed by atoms with Crippen LogP contribution in [-0.2, 0) is 0 Å². The van der Waals surface area contributed by atoms with E-state index in [1.807, 2.05) is 103 Å². The lowest BCUT2D eigenvalue weighted by Crippen LogP contribution is -1.93. The van der Waals surface area contributed by atoms with E-state index in [0.717, 1.165) is 56.5 Å². The molecule has 5 heteroatoms. The quantitative estimate of drug-likeness (QED) is 0.296. The molecule has 0 aliphatic rings. The highest BCUT2D eigenvalue weighted by molar-refractivity contribution is 5.69. The van der Waals surface area contributed by atoms with Crippen molar-refractivity contribution in [3.8, 4) is 56.5 Å². The van der Waals surface area contributed by atoms with Crippen molar-refractivity contribution in [1.82, 2.24) is 15.0 Å². The Hall–Kier alpha value is -4.51. The molecule has 5 aromatic rings. The van der Waals surface area contributed by atoms with Gasteiger partial charge in [0.15, 0.2) is 0 Å². The highest BCUT2D eigenvalue weighted by Gasteiger charge is 2.08. The number of hydrogen-bond donors (Lipinski definition) is 0. The first-order valence-electron chi connectivity index (χ1n) is 10.9. The third-order valence-electron chi connectivity index (χ3n) is 5.61. The fourth-order valence-corrected chi connectivity index (χ4v) is 3.76. The van der Waals surface area contributed by atoms with E-state index >= 15 is 0 Å². The van der Waals surface area contributed by atoms with Crippen LogP contribution in [0.5, 0.6) is 11.5 Å². The summed E-state index contributed by atoms with van der Waals surface area (Å²) < 4.78 is 10.7. The minimum Gasteiger partial charge on any atom is -0.497 e. The van der Waals surface area contributed by atoms with Crippen LogP contribution in [0.2, 0.25) is 0 Å². The predicted octanol–water partition coefficient (Wildman–Crippen LogP) is 6.56. The Morgan fingerprint density at radius 3 is 1.35 bits per heavy atom. The van der Waals surface area contributed by atoms with Gasteiger partial charge in [0.05, 0.1) is 37.0 Å². The van der Waals surface area contributed by atoms with Gasteiger partial charge in [-0.25, -0.2) is 4.98 Å². The monoisotopic (exact) mass is 445 g/mol. The Morgan fingerprint density at radius 2 is 0.941 bits per heavy atom. The van der Waals surface area contributed by atoms with Crippen molar-refractivity contribution >= 4 is 0 Å². The zero-order chi connectivity index (χ0) is 23.3. The summed E-state index contributed by atoms with van der Waals surface area (Å²) in [4.78, 5) is 14.1. The molecule has 0 atom stereocenters. The SMILES string of the molecule is COc1cccc(-c2ccc(-c3cccc(-c4ccc(-c5cccc(OC)c5)cn4)n3)nc2)c1. The van der Waals surface area contributed by atoms with Crippen molar-refractivity contribution in [3.05, 3.63) is 103 Å². The largest absolute Gasteiger partial charge is 0.497 e. The van der Waals surface area contributed by atoms with E-state index in [1.165, 1.54) is 0 Å². The van der Waals surface area contributed by atoms with Crippen molar-refractivity contribution < 1.29 is 9.47 Å². The lowest BCUT2D eigenvalue weighted by atomic mass is 10.1. The van der Waals surface area contributed by atoms with Gasteiger partial charge in [0.1, 0.15) is 11.5 Å². The van der Waals surface area contributed by atoms with Crippen molar-refractivity contribution in [2.24, 2.45) is 0 Å². The summed E-state index contributed by atoms with van der Waals surface area (Å²) in [6.45, 7) is 0. The molecule has 3 heterocycles. The van der Waals surface area contributed by atoms with Gasteiger partial charge in [0.2, 0.25) is 0 Å². The summed E-state index contributed by atoms with van der Waals surface area (Å²) in [7, 11) is 3.33. The van der Waals surface area contributed by atoms with E-state index in [1.54, 1.807) is 14.2 Å².